The molecule has 0 bridgehead atoms. The van der Waals surface area contributed by atoms with E-state index >= 15 is 0 Å². The van der Waals surface area contributed by atoms with E-state index in [-0.39, 0.29) is 5.56 Å². The number of fused-ring (bicyclic) bond motifs is 3. The van der Waals surface area contributed by atoms with Crippen LogP contribution in [0.2, 0.25) is 0 Å². The number of nitrogens with one attached hydrogen (secondary N) is 1. The molecule has 2 heterocycles. The minimum Gasteiger partial charge on any atom is -0.464 e. The molecule has 3 aromatic rings. The summed E-state index contributed by atoms with van der Waals surface area (Å²) in [6.45, 7) is 8.00. The number of rotatable bonds is 0. The van der Waals surface area contributed by atoms with Crippen LogP contribution >= 0.6 is 0 Å². The number of hydrogen-bond donors (Lipinski definition) is 1. The largest absolute Gasteiger partial charge is 0.464 e. The fourth-order valence-electron chi connectivity index (χ4n) is 2.64. The van der Waals surface area contributed by atoms with Crippen LogP contribution < -0.4 is 5.56 Å². The molecule has 0 radical (unpaired) electrons. The van der Waals surface area contributed by atoms with Gasteiger partial charge in [-0.3, -0.25) is 4.79 Å². The topological polar surface area (TPSA) is 46.0 Å². The quantitative estimate of drug-likeness (QED) is 0.654. The van der Waals surface area contributed by atoms with Crippen molar-refractivity contribution in [2.75, 3.05) is 0 Å². The van der Waals surface area contributed by atoms with Crippen molar-refractivity contribution in [1.29, 1.82) is 0 Å². The summed E-state index contributed by atoms with van der Waals surface area (Å²) in [6.07, 6.45) is 1.67. The Bertz CT molecular complexity index is 837. The molecular formula is C15H15NO2. The van der Waals surface area contributed by atoms with Crippen molar-refractivity contribution >= 4 is 21.9 Å². The second-order valence-corrected chi connectivity index (χ2v) is 4.87. The van der Waals surface area contributed by atoms with Crippen LogP contribution in [0.25, 0.3) is 21.9 Å². The Balaban J connectivity index is 2.75. The average molecular weight is 241 g/mol. The summed E-state index contributed by atoms with van der Waals surface area (Å²) in [5.74, 6) is 0. The highest BCUT2D eigenvalue weighted by molar-refractivity contribution is 6.07. The minimum absolute atomic E-state index is 0.0225. The van der Waals surface area contributed by atoms with E-state index in [2.05, 4.69) is 18.8 Å². The summed E-state index contributed by atoms with van der Waals surface area (Å²) < 4.78 is 5.53. The van der Waals surface area contributed by atoms with Crippen molar-refractivity contribution in [2.24, 2.45) is 0 Å². The Labute approximate surface area is 104 Å². The van der Waals surface area contributed by atoms with E-state index in [9.17, 15) is 4.79 Å². The van der Waals surface area contributed by atoms with Gasteiger partial charge >= 0.3 is 0 Å². The lowest BCUT2D eigenvalue weighted by molar-refractivity contribution is 0.613. The number of pyridine rings is 1. The normalized spacial score (nSPS) is 11.6. The van der Waals surface area contributed by atoms with Crippen LogP contribution in [0.3, 0.4) is 0 Å². The molecule has 0 amide bonds. The molecule has 2 aromatic heterocycles. The average Bonchev–Trinajstić information content (AvgIpc) is 2.82. The SMILES string of the molecule is Cc1c(C)c2c(C)c(C)c3occc3c2[nH]c1=O. The molecule has 3 rings (SSSR count). The highest BCUT2D eigenvalue weighted by Gasteiger charge is 2.15. The molecule has 18 heavy (non-hydrogen) atoms. The summed E-state index contributed by atoms with van der Waals surface area (Å²) in [5, 5.41) is 2.12. The minimum atomic E-state index is -0.0225. The molecule has 92 valence electrons. The summed E-state index contributed by atoms with van der Waals surface area (Å²) in [7, 11) is 0. The van der Waals surface area contributed by atoms with Gasteiger partial charge < -0.3 is 9.40 Å². The fourth-order valence-corrected chi connectivity index (χ4v) is 2.64. The first-order chi connectivity index (χ1) is 8.52. The predicted octanol–water partition coefficient (Wildman–Crippen LogP) is 3.51. The van der Waals surface area contributed by atoms with Gasteiger partial charge in [-0.25, -0.2) is 0 Å². The first-order valence-electron chi connectivity index (χ1n) is 6.02. The third kappa shape index (κ3) is 1.22. The summed E-state index contributed by atoms with van der Waals surface area (Å²) in [6, 6.07) is 1.91. The molecule has 0 spiro atoms. The maximum absolute atomic E-state index is 11.9. The van der Waals surface area contributed by atoms with E-state index in [0.29, 0.717) is 0 Å². The van der Waals surface area contributed by atoms with E-state index < -0.39 is 0 Å². The first kappa shape index (κ1) is 11.1. The zero-order valence-corrected chi connectivity index (χ0v) is 11.0. The Morgan fingerprint density at radius 1 is 1.00 bits per heavy atom. The van der Waals surface area contributed by atoms with Gasteiger partial charge in [0.15, 0.2) is 0 Å². The van der Waals surface area contributed by atoms with E-state index in [0.717, 1.165) is 38.6 Å². The van der Waals surface area contributed by atoms with Gasteiger partial charge in [-0.1, -0.05) is 0 Å². The summed E-state index contributed by atoms with van der Waals surface area (Å²) in [5.41, 5.74) is 5.87. The number of H-pyrrole nitrogens is 1. The molecule has 1 aromatic carbocycles. The van der Waals surface area contributed by atoms with Gasteiger partial charge in [0.2, 0.25) is 0 Å². The van der Waals surface area contributed by atoms with Crippen molar-refractivity contribution in [2.45, 2.75) is 27.7 Å². The van der Waals surface area contributed by atoms with Crippen molar-refractivity contribution < 1.29 is 4.42 Å². The monoisotopic (exact) mass is 241 g/mol. The van der Waals surface area contributed by atoms with Crippen LogP contribution in [0.4, 0.5) is 0 Å². The third-order valence-corrected chi connectivity index (χ3v) is 3.98. The predicted molar refractivity (Wildman–Crippen MR) is 73.3 cm³/mol. The highest BCUT2D eigenvalue weighted by atomic mass is 16.3. The lowest BCUT2D eigenvalue weighted by Crippen LogP contribution is -2.12. The maximum atomic E-state index is 11.9. The number of furan rings is 1. The van der Waals surface area contributed by atoms with Gasteiger partial charge in [0.25, 0.3) is 5.56 Å². The van der Waals surface area contributed by atoms with Crippen molar-refractivity contribution in [3.05, 3.63) is 44.9 Å². The van der Waals surface area contributed by atoms with Gasteiger partial charge in [0.05, 0.1) is 11.8 Å². The Morgan fingerprint density at radius 2 is 1.67 bits per heavy atom. The van der Waals surface area contributed by atoms with E-state index in [1.807, 2.05) is 19.9 Å². The lowest BCUT2D eigenvalue weighted by atomic mass is 9.96. The molecule has 3 heteroatoms. The summed E-state index contributed by atoms with van der Waals surface area (Å²) in [4.78, 5) is 14.9. The van der Waals surface area contributed by atoms with Crippen LogP contribution in [-0.2, 0) is 0 Å². The van der Waals surface area contributed by atoms with Crippen LogP contribution in [0.5, 0.6) is 0 Å². The van der Waals surface area contributed by atoms with E-state index in [1.165, 1.54) is 5.56 Å². The first-order valence-corrected chi connectivity index (χ1v) is 6.02. The van der Waals surface area contributed by atoms with Crippen LogP contribution in [0.15, 0.2) is 21.5 Å². The van der Waals surface area contributed by atoms with E-state index in [1.54, 1.807) is 6.26 Å². The molecule has 0 unspecified atom stereocenters. The molecular weight excluding hydrogens is 226 g/mol. The number of hydrogen-bond acceptors (Lipinski definition) is 2. The molecule has 0 fully saturated rings. The van der Waals surface area contributed by atoms with Crippen molar-refractivity contribution in [3.63, 3.8) is 0 Å². The third-order valence-electron chi connectivity index (χ3n) is 3.98. The van der Waals surface area contributed by atoms with Crippen LogP contribution in [0.1, 0.15) is 22.3 Å². The number of aromatic nitrogens is 1. The number of benzene rings is 1. The van der Waals surface area contributed by atoms with Gasteiger partial charge in [0, 0.05) is 16.3 Å². The number of aromatic amines is 1. The Kier molecular flexibility index (Phi) is 2.14. The zero-order chi connectivity index (χ0) is 13.0. The molecule has 0 saturated carbocycles. The Hall–Kier alpha value is -2.03. The summed E-state index contributed by atoms with van der Waals surface area (Å²) >= 11 is 0. The number of aryl methyl sites for hydroxylation is 3. The molecule has 0 aliphatic heterocycles. The maximum Gasteiger partial charge on any atom is 0.251 e. The van der Waals surface area contributed by atoms with Crippen LogP contribution in [0, 0.1) is 27.7 Å². The van der Waals surface area contributed by atoms with Gasteiger partial charge in [0.1, 0.15) is 5.58 Å². The molecule has 1 N–H and O–H groups in total. The van der Waals surface area contributed by atoms with Crippen LogP contribution in [-0.4, -0.2) is 4.98 Å². The van der Waals surface area contributed by atoms with Crippen molar-refractivity contribution in [1.82, 2.24) is 4.98 Å². The van der Waals surface area contributed by atoms with Gasteiger partial charge in [-0.2, -0.15) is 0 Å². The van der Waals surface area contributed by atoms with Gasteiger partial charge in [-0.05, 0) is 50.5 Å². The smallest absolute Gasteiger partial charge is 0.251 e. The van der Waals surface area contributed by atoms with Crippen molar-refractivity contribution in [3.8, 4) is 0 Å². The second kappa shape index (κ2) is 3.48. The molecule has 0 aliphatic rings. The lowest BCUT2D eigenvalue weighted by Gasteiger charge is -2.11. The Morgan fingerprint density at radius 3 is 2.39 bits per heavy atom. The fraction of sp³-hybridized carbons (Fsp3) is 0.267. The highest BCUT2D eigenvalue weighted by Crippen LogP contribution is 2.33. The van der Waals surface area contributed by atoms with Gasteiger partial charge in [-0.15, -0.1) is 0 Å². The van der Waals surface area contributed by atoms with E-state index in [4.69, 9.17) is 4.42 Å². The molecule has 0 atom stereocenters. The second-order valence-electron chi connectivity index (χ2n) is 4.87. The molecule has 0 aliphatic carbocycles. The zero-order valence-electron chi connectivity index (χ0n) is 11.0. The standard InChI is InChI=1S/C15H15NO2/c1-7-9(3)14-11(5-6-18-14)13-12(7)8(2)10(4)15(17)16-13/h5-6H,1-4H3,(H,16,17). The molecule has 3 nitrogen and oxygen atoms in total. The molecule has 0 saturated heterocycles.